The molecule has 0 aliphatic heterocycles. The quantitative estimate of drug-likeness (QED) is 0.0804. The molecule has 17 nitrogen and oxygen atoms in total. The minimum Gasteiger partial charge on any atom is -0.507 e. The van der Waals surface area contributed by atoms with E-state index in [1.807, 2.05) is 0 Å². The molecule has 6 aromatic rings. The molecule has 0 aliphatic rings. The first kappa shape index (κ1) is 39.7. The Bertz CT molecular complexity index is 2880. The number of anilines is 4. The van der Waals surface area contributed by atoms with Gasteiger partial charge in [-0.3, -0.25) is 9.11 Å². The zero-order valence-corrected chi connectivity index (χ0v) is 32.1. The summed E-state index contributed by atoms with van der Waals surface area (Å²) in [4.78, 5) is 11.1. The van der Waals surface area contributed by atoms with E-state index in [0.717, 1.165) is 24.3 Å². The van der Waals surface area contributed by atoms with Gasteiger partial charge in [0, 0.05) is 32.9 Å². The highest BCUT2D eigenvalue weighted by atomic mass is 32.2. The average Bonchev–Trinajstić information content (AvgIpc) is 3.06. The van der Waals surface area contributed by atoms with Crippen molar-refractivity contribution in [1.29, 1.82) is 0 Å². The standard InChI is InChI=1S/C35H30N4O13S4/c1-19-17-21(36-25-11-15-31(55(47,48)49)23-5-3-7-27(40)33(23)25)9-13-29(19)53(43,44)38-35(42)39-54(45,46)30-14-10-22(18-20(30)2)37-26-12-16-32(56(50,51)52)24-6-4-8-28(41)34(24)26/h3-18,36-37,40-41H,1-2H3,(H2,38,39,42)(H,47,48,49)(H,50,51,52). The number of benzene rings is 6. The van der Waals surface area contributed by atoms with Crippen molar-refractivity contribution in [2.24, 2.45) is 0 Å². The second-order valence-corrected chi connectivity index (χ2v) is 18.4. The normalized spacial score (nSPS) is 12.4. The molecule has 0 unspecified atom stereocenters. The number of carbonyl (C=O) groups excluding carboxylic acids is 1. The van der Waals surface area contributed by atoms with Crippen molar-refractivity contribution in [3.63, 3.8) is 0 Å². The van der Waals surface area contributed by atoms with Gasteiger partial charge in [-0.15, -0.1) is 0 Å². The molecule has 0 aliphatic carbocycles. The Hall–Kier alpha value is -5.97. The summed E-state index contributed by atoms with van der Waals surface area (Å²) in [6.07, 6.45) is 0. The van der Waals surface area contributed by atoms with Gasteiger partial charge >= 0.3 is 6.03 Å². The molecule has 0 heterocycles. The molecule has 8 N–H and O–H groups in total. The van der Waals surface area contributed by atoms with Crippen LogP contribution in [0.1, 0.15) is 11.1 Å². The van der Waals surface area contributed by atoms with Crippen molar-refractivity contribution in [3.8, 4) is 11.5 Å². The monoisotopic (exact) mass is 842 g/mol. The largest absolute Gasteiger partial charge is 0.507 e. The highest BCUT2D eigenvalue weighted by Gasteiger charge is 2.26. The zero-order chi connectivity index (χ0) is 41.0. The fraction of sp³-hybridized carbons (Fsp3) is 0.0571. The predicted octanol–water partition coefficient (Wildman–Crippen LogP) is 5.38. The van der Waals surface area contributed by atoms with Crippen molar-refractivity contribution >= 4 is 90.6 Å². The van der Waals surface area contributed by atoms with Crippen LogP contribution in [-0.4, -0.2) is 59.0 Å². The summed E-state index contributed by atoms with van der Waals surface area (Å²) >= 11 is 0. The van der Waals surface area contributed by atoms with Crippen LogP contribution in [0.4, 0.5) is 27.5 Å². The van der Waals surface area contributed by atoms with Crippen LogP contribution in [0.5, 0.6) is 11.5 Å². The topological polar surface area (TPSA) is 283 Å². The Morgan fingerprint density at radius 3 is 1.20 bits per heavy atom. The molecule has 0 bridgehead atoms. The second kappa shape index (κ2) is 14.3. The molecule has 0 atom stereocenters. The lowest BCUT2D eigenvalue weighted by Gasteiger charge is -2.16. The number of rotatable bonds is 10. The first-order valence-corrected chi connectivity index (χ1v) is 21.7. The summed E-state index contributed by atoms with van der Waals surface area (Å²) in [6.45, 7) is 2.80. The maximum Gasteiger partial charge on any atom is 0.342 e. The third kappa shape index (κ3) is 7.89. The second-order valence-electron chi connectivity index (χ2n) is 12.3. The van der Waals surface area contributed by atoms with Gasteiger partial charge in [-0.2, -0.15) is 16.8 Å². The van der Waals surface area contributed by atoms with Gasteiger partial charge in [0.05, 0.1) is 21.2 Å². The molecule has 0 radical (unpaired) electrons. The Morgan fingerprint density at radius 2 is 0.857 bits per heavy atom. The van der Waals surface area contributed by atoms with Gasteiger partial charge in [0.15, 0.2) is 0 Å². The summed E-state index contributed by atoms with van der Waals surface area (Å²) in [6, 6.07) is 19.0. The zero-order valence-electron chi connectivity index (χ0n) is 28.8. The van der Waals surface area contributed by atoms with Crippen LogP contribution in [0.25, 0.3) is 21.5 Å². The number of aryl methyl sites for hydroxylation is 2. The average molecular weight is 843 g/mol. The Balaban J connectivity index is 1.18. The van der Waals surface area contributed by atoms with Gasteiger partial charge in [0.25, 0.3) is 40.3 Å². The fourth-order valence-corrected chi connectivity index (χ4v) is 9.83. The van der Waals surface area contributed by atoms with Crippen molar-refractivity contribution in [2.75, 3.05) is 10.6 Å². The number of phenols is 2. The smallest absolute Gasteiger partial charge is 0.342 e. The third-order valence-corrected chi connectivity index (χ3v) is 13.3. The molecule has 0 aromatic heterocycles. The lowest BCUT2D eigenvalue weighted by molar-refractivity contribution is 0.250. The SMILES string of the molecule is Cc1cc(Nc2ccc(S(=O)(=O)O)c3cccc(O)c23)ccc1S(=O)(=O)NC(=O)NS(=O)(=O)c1ccc(Nc2ccc(S(=O)(=O)O)c3cccc(O)c23)cc1C. The number of urea groups is 1. The van der Waals surface area contributed by atoms with E-state index in [1.54, 1.807) is 9.44 Å². The molecule has 292 valence electrons. The van der Waals surface area contributed by atoms with Crippen LogP contribution in [0.2, 0.25) is 0 Å². The lowest BCUT2D eigenvalue weighted by Crippen LogP contribution is -2.42. The van der Waals surface area contributed by atoms with E-state index < -0.39 is 56.1 Å². The van der Waals surface area contributed by atoms with E-state index in [-0.39, 0.29) is 76.7 Å². The van der Waals surface area contributed by atoms with Gasteiger partial charge in [-0.25, -0.2) is 31.1 Å². The number of nitrogens with one attached hydrogen (secondary N) is 4. The van der Waals surface area contributed by atoms with Crippen molar-refractivity contribution in [3.05, 3.63) is 108 Å². The van der Waals surface area contributed by atoms with Crippen LogP contribution < -0.4 is 20.1 Å². The Labute approximate surface area is 320 Å². The van der Waals surface area contributed by atoms with Gasteiger partial charge in [0.2, 0.25) is 0 Å². The Morgan fingerprint density at radius 1 is 0.500 bits per heavy atom. The summed E-state index contributed by atoms with van der Waals surface area (Å²) in [5, 5.41) is 27.1. The number of carbonyl (C=O) groups is 1. The van der Waals surface area contributed by atoms with Crippen molar-refractivity contribution in [2.45, 2.75) is 33.4 Å². The molecule has 2 amide bonds. The number of sulfonamides is 2. The van der Waals surface area contributed by atoms with E-state index in [0.29, 0.717) is 0 Å². The molecular formula is C35H30N4O13S4. The summed E-state index contributed by atoms with van der Waals surface area (Å²) < 4.78 is 123. The molecule has 6 aromatic carbocycles. The molecule has 0 fully saturated rings. The molecule has 21 heteroatoms. The number of aromatic hydroxyl groups is 2. The number of amides is 2. The van der Waals surface area contributed by atoms with E-state index in [9.17, 15) is 57.8 Å². The predicted molar refractivity (Wildman–Crippen MR) is 206 cm³/mol. The van der Waals surface area contributed by atoms with Gasteiger partial charge in [0.1, 0.15) is 21.3 Å². The lowest BCUT2D eigenvalue weighted by atomic mass is 10.1. The molecule has 0 saturated heterocycles. The fourth-order valence-electron chi connectivity index (χ4n) is 6.12. The summed E-state index contributed by atoms with van der Waals surface area (Å²) in [7, 11) is -18.6. The van der Waals surface area contributed by atoms with E-state index in [4.69, 9.17) is 0 Å². The van der Waals surface area contributed by atoms with Crippen molar-refractivity contribution in [1.82, 2.24) is 9.44 Å². The van der Waals surface area contributed by atoms with E-state index >= 15 is 0 Å². The van der Waals surface area contributed by atoms with Crippen LogP contribution in [0.3, 0.4) is 0 Å². The van der Waals surface area contributed by atoms with E-state index in [2.05, 4.69) is 10.6 Å². The molecule has 0 saturated carbocycles. The highest BCUT2D eigenvalue weighted by molar-refractivity contribution is 7.91. The van der Waals surface area contributed by atoms with Gasteiger partial charge in [-0.05, 0) is 97.8 Å². The molecule has 56 heavy (non-hydrogen) atoms. The number of phenolic OH excluding ortho intramolecular Hbond substituents is 2. The van der Waals surface area contributed by atoms with Crippen molar-refractivity contribution < 1.29 is 57.8 Å². The maximum absolute atomic E-state index is 13.2. The minimum atomic E-state index is -4.66. The Kier molecular flexibility index (Phi) is 10.1. The molecule has 6 rings (SSSR count). The van der Waals surface area contributed by atoms with E-state index in [1.165, 1.54) is 86.6 Å². The molecule has 0 spiro atoms. The number of hydrogen-bond donors (Lipinski definition) is 8. The van der Waals surface area contributed by atoms with Crippen LogP contribution >= 0.6 is 0 Å². The van der Waals surface area contributed by atoms with Crippen LogP contribution in [0, 0.1) is 13.8 Å². The van der Waals surface area contributed by atoms with Gasteiger partial charge < -0.3 is 20.8 Å². The maximum atomic E-state index is 13.2. The molecular weight excluding hydrogens is 813 g/mol. The highest BCUT2D eigenvalue weighted by Crippen LogP contribution is 2.39. The first-order valence-electron chi connectivity index (χ1n) is 15.9. The number of hydrogen-bond acceptors (Lipinski definition) is 13. The summed E-state index contributed by atoms with van der Waals surface area (Å²) in [5.74, 6) is -0.610. The number of fused-ring (bicyclic) bond motifs is 2. The third-order valence-electron chi connectivity index (χ3n) is 8.45. The van der Waals surface area contributed by atoms with Gasteiger partial charge in [-0.1, -0.05) is 24.3 Å². The van der Waals surface area contributed by atoms with Crippen LogP contribution in [-0.2, 0) is 40.3 Å². The summed E-state index contributed by atoms with van der Waals surface area (Å²) in [5.41, 5.74) is 1.20. The minimum absolute atomic E-state index is 0.0163. The van der Waals surface area contributed by atoms with Crippen LogP contribution in [0.15, 0.2) is 117 Å². The first-order chi connectivity index (χ1) is 26.1.